The maximum Gasteiger partial charge on any atom is 0.456 e. The Balaban J connectivity index is 2.89. The van der Waals surface area contributed by atoms with E-state index in [9.17, 15) is 4.79 Å². The van der Waals surface area contributed by atoms with E-state index in [1.807, 2.05) is 0 Å². The first-order chi connectivity index (χ1) is 9.41. The lowest BCUT2D eigenvalue weighted by Crippen LogP contribution is -2.00. The molecule has 0 bridgehead atoms. The van der Waals surface area contributed by atoms with Gasteiger partial charge in [0.2, 0.25) is 0 Å². The zero-order valence-corrected chi connectivity index (χ0v) is 11.7. The van der Waals surface area contributed by atoms with Crippen LogP contribution in [0.25, 0.3) is 0 Å². The molecule has 0 aromatic heterocycles. The highest BCUT2D eigenvalue weighted by Crippen LogP contribution is 2.10. The minimum atomic E-state index is 0.407. The van der Waals surface area contributed by atoms with E-state index in [0.717, 1.165) is 19.3 Å². The maximum absolute atomic E-state index is 9.49. The highest BCUT2D eigenvalue weighted by Gasteiger charge is 1.95. The summed E-state index contributed by atoms with van der Waals surface area (Å²) in [6, 6.07) is 0. The molecule has 0 heterocycles. The van der Waals surface area contributed by atoms with Crippen LogP contribution in [0.1, 0.15) is 71.1 Å². The predicted octanol–water partition coefficient (Wildman–Crippen LogP) is 3.72. The van der Waals surface area contributed by atoms with Gasteiger partial charge in [-0.2, -0.15) is 0 Å². The molecule has 6 nitrogen and oxygen atoms in total. The first-order valence-corrected chi connectivity index (χ1v) is 7.07. The minimum Gasteiger partial charge on any atom is -0.253 e. The Kier molecular flexibility index (Phi) is 16.7. The second-order valence-corrected chi connectivity index (χ2v) is 4.37. The summed E-state index contributed by atoms with van der Waals surface area (Å²) in [6.07, 6.45) is 12.5. The van der Waals surface area contributed by atoms with Crippen molar-refractivity contribution in [2.24, 2.45) is 0 Å². The Morgan fingerprint density at radius 2 is 1.32 bits per heavy atom. The Morgan fingerprint density at radius 3 is 1.89 bits per heavy atom. The molecular formula is C13H25O6. The zero-order valence-electron chi connectivity index (χ0n) is 11.7. The lowest BCUT2D eigenvalue weighted by atomic mass is 10.1. The molecule has 0 spiro atoms. The highest BCUT2D eigenvalue weighted by atomic mass is 17.8. The Morgan fingerprint density at radius 1 is 0.737 bits per heavy atom. The van der Waals surface area contributed by atoms with E-state index in [0.29, 0.717) is 6.61 Å². The van der Waals surface area contributed by atoms with E-state index in [1.54, 1.807) is 0 Å². The van der Waals surface area contributed by atoms with Crippen molar-refractivity contribution in [3.05, 3.63) is 0 Å². The molecule has 0 aromatic carbocycles. The van der Waals surface area contributed by atoms with Gasteiger partial charge in [0.15, 0.2) is 0 Å². The monoisotopic (exact) mass is 277 g/mol. The van der Waals surface area contributed by atoms with E-state index in [1.165, 1.54) is 51.4 Å². The molecule has 0 amide bonds. The third kappa shape index (κ3) is 17.3. The van der Waals surface area contributed by atoms with Gasteiger partial charge in [-0.05, 0) is 11.5 Å². The minimum absolute atomic E-state index is 0.407. The lowest BCUT2D eigenvalue weighted by molar-refractivity contribution is -0.695. The second kappa shape index (κ2) is 17.3. The van der Waals surface area contributed by atoms with Gasteiger partial charge in [-0.3, -0.25) is 4.89 Å². The third-order valence-corrected chi connectivity index (χ3v) is 2.75. The molecule has 0 atom stereocenters. The fraction of sp³-hybridized carbons (Fsp3) is 0.923. The predicted molar refractivity (Wildman–Crippen MR) is 67.8 cm³/mol. The topological polar surface area (TPSA) is 63.2 Å². The summed E-state index contributed by atoms with van der Waals surface area (Å²) in [6.45, 7) is 3.62. The summed E-state index contributed by atoms with van der Waals surface area (Å²) in [5.41, 5.74) is 0. The van der Waals surface area contributed by atoms with Gasteiger partial charge in [-0.15, -0.1) is 0 Å². The molecule has 0 N–H and O–H groups in total. The highest BCUT2D eigenvalue weighted by molar-refractivity contribution is 5.36. The van der Waals surface area contributed by atoms with Crippen LogP contribution in [0.5, 0.6) is 0 Å². The van der Waals surface area contributed by atoms with E-state index in [2.05, 4.69) is 31.8 Å². The van der Waals surface area contributed by atoms with Gasteiger partial charge in [0.1, 0.15) is 0 Å². The van der Waals surface area contributed by atoms with Crippen molar-refractivity contribution in [2.75, 3.05) is 6.61 Å². The van der Waals surface area contributed by atoms with Crippen molar-refractivity contribution < 1.29 is 29.7 Å². The number of carbonyl (C=O) groups excluding carboxylic acids is 1. The van der Waals surface area contributed by atoms with Crippen LogP contribution >= 0.6 is 0 Å². The van der Waals surface area contributed by atoms with Crippen LogP contribution in [0.3, 0.4) is 0 Å². The number of unbranched alkanes of at least 4 members (excludes halogenated alkanes) is 9. The van der Waals surface area contributed by atoms with Crippen molar-refractivity contribution in [3.63, 3.8) is 0 Å². The van der Waals surface area contributed by atoms with Crippen LogP contribution in [0.4, 0.5) is 0 Å². The van der Waals surface area contributed by atoms with Gasteiger partial charge in [-0.1, -0.05) is 64.7 Å². The molecule has 0 aromatic rings. The average Bonchev–Trinajstić information content (AvgIpc) is 2.43. The molecule has 0 aliphatic rings. The summed E-state index contributed by atoms with van der Waals surface area (Å²) in [4.78, 5) is 17.7. The first kappa shape index (κ1) is 18.3. The van der Waals surface area contributed by atoms with Gasteiger partial charge < -0.3 is 0 Å². The summed E-state index contributed by atoms with van der Waals surface area (Å²) < 4.78 is 0. The van der Waals surface area contributed by atoms with E-state index in [-0.39, 0.29) is 0 Å². The van der Waals surface area contributed by atoms with Crippen molar-refractivity contribution in [1.29, 1.82) is 0 Å². The number of hydrogen-bond acceptors (Lipinski definition) is 6. The van der Waals surface area contributed by atoms with Crippen LogP contribution in [0.15, 0.2) is 0 Å². The molecule has 113 valence electrons. The third-order valence-electron chi connectivity index (χ3n) is 2.75. The number of hydrogen-bond donors (Lipinski definition) is 0. The van der Waals surface area contributed by atoms with Crippen LogP contribution in [0, 0.1) is 0 Å². The molecule has 0 saturated heterocycles. The van der Waals surface area contributed by atoms with Crippen LogP contribution in [-0.2, 0) is 29.7 Å². The largest absolute Gasteiger partial charge is 0.456 e. The van der Waals surface area contributed by atoms with E-state index < -0.39 is 0 Å². The van der Waals surface area contributed by atoms with Crippen LogP contribution < -0.4 is 0 Å². The second-order valence-electron chi connectivity index (χ2n) is 4.37. The lowest BCUT2D eigenvalue weighted by Gasteiger charge is -2.02. The summed E-state index contributed by atoms with van der Waals surface area (Å²) in [5.74, 6) is 0. The van der Waals surface area contributed by atoms with Crippen molar-refractivity contribution in [3.8, 4) is 0 Å². The van der Waals surface area contributed by atoms with Crippen molar-refractivity contribution in [1.82, 2.24) is 0 Å². The van der Waals surface area contributed by atoms with Crippen LogP contribution in [-0.4, -0.2) is 13.1 Å². The molecule has 6 heteroatoms. The van der Waals surface area contributed by atoms with E-state index >= 15 is 0 Å². The first-order valence-electron chi connectivity index (χ1n) is 7.07. The molecule has 0 rings (SSSR count). The van der Waals surface area contributed by atoms with Crippen molar-refractivity contribution in [2.45, 2.75) is 71.1 Å². The molecule has 19 heavy (non-hydrogen) atoms. The SMILES string of the molecule is CCCCCCCCCCCCOOOOO[C]=O. The Hall–Kier alpha value is -0.690. The molecule has 0 fully saturated rings. The van der Waals surface area contributed by atoms with Gasteiger partial charge in [0.25, 0.3) is 0 Å². The molecule has 0 aliphatic carbocycles. The molecule has 0 aliphatic heterocycles. The molecule has 0 unspecified atom stereocenters. The van der Waals surface area contributed by atoms with Crippen molar-refractivity contribution >= 4 is 6.47 Å². The Labute approximate surface area is 115 Å². The molecule has 1 radical (unpaired) electrons. The summed E-state index contributed by atoms with van der Waals surface area (Å²) in [5, 5.41) is 11.7. The fourth-order valence-electron chi connectivity index (χ4n) is 1.74. The normalized spacial score (nSPS) is 10.6. The average molecular weight is 277 g/mol. The quantitative estimate of drug-likeness (QED) is 0.243. The Bertz CT molecular complexity index is 177. The van der Waals surface area contributed by atoms with Crippen LogP contribution in [0.2, 0.25) is 0 Å². The van der Waals surface area contributed by atoms with Gasteiger partial charge in [0, 0.05) is 10.1 Å². The van der Waals surface area contributed by atoms with Gasteiger partial charge in [0.05, 0.1) is 6.61 Å². The van der Waals surface area contributed by atoms with Gasteiger partial charge >= 0.3 is 6.47 Å². The standard InChI is InChI=1S/C13H25O6/c1-2-3-4-5-6-7-8-9-10-11-12-15-17-19-18-16-13-14/h2-12H2,1H3. The zero-order chi connectivity index (χ0) is 14.0. The maximum atomic E-state index is 9.49. The molecular weight excluding hydrogens is 252 g/mol. The smallest absolute Gasteiger partial charge is 0.253 e. The van der Waals surface area contributed by atoms with E-state index in [4.69, 9.17) is 0 Å². The summed E-state index contributed by atoms with van der Waals surface area (Å²) in [7, 11) is 0. The number of rotatable bonds is 16. The molecule has 0 saturated carbocycles. The summed E-state index contributed by atoms with van der Waals surface area (Å²) >= 11 is 0. The fourth-order valence-corrected chi connectivity index (χ4v) is 1.74. The van der Waals surface area contributed by atoms with Gasteiger partial charge in [-0.25, -0.2) is 9.68 Å².